The van der Waals surface area contributed by atoms with Crippen LogP contribution in [0.25, 0.3) is 0 Å². The molecule has 6 heteroatoms. The van der Waals surface area contributed by atoms with Crippen molar-refractivity contribution in [3.8, 4) is 0 Å². The summed E-state index contributed by atoms with van der Waals surface area (Å²) in [6, 6.07) is 0. The van der Waals surface area contributed by atoms with Crippen molar-refractivity contribution in [2.75, 3.05) is 0 Å². The summed E-state index contributed by atoms with van der Waals surface area (Å²) in [6.07, 6.45) is 1.25. The van der Waals surface area contributed by atoms with E-state index >= 15 is 0 Å². The molecule has 0 atom stereocenters. The Balaban J connectivity index is 3.48. The van der Waals surface area contributed by atoms with Crippen LogP contribution in [0.2, 0.25) is 0 Å². The quantitative estimate of drug-likeness (QED) is 0.467. The molecule has 0 saturated carbocycles. The first kappa shape index (κ1) is 6.40. The van der Waals surface area contributed by atoms with Crippen LogP contribution in [0.15, 0.2) is 9.59 Å². The van der Waals surface area contributed by atoms with Crippen LogP contribution >= 0.6 is 0 Å². The Labute approximate surface area is 53.9 Å². The molecule has 0 saturated heterocycles. The van der Waals surface area contributed by atoms with E-state index in [1.165, 1.54) is 6.29 Å². The summed E-state index contributed by atoms with van der Waals surface area (Å²) in [4.78, 5) is 32.3. The molecule has 0 unspecified atom stereocenters. The predicted octanol–water partition coefficient (Wildman–Crippen LogP) is -2.08. The molecule has 0 aliphatic heterocycles. The maximum atomic E-state index is 10.5. The van der Waals surface area contributed by atoms with Gasteiger partial charge in [-0.05, 0) is 0 Å². The van der Waals surface area contributed by atoms with Crippen molar-refractivity contribution in [1.29, 1.82) is 0 Å². The zero-order chi connectivity index (χ0) is 7.56. The zero-order valence-electron chi connectivity index (χ0n) is 4.67. The number of H-pyrrole nitrogens is 2. The van der Waals surface area contributed by atoms with E-state index in [2.05, 4.69) is 5.10 Å². The molecule has 0 aromatic carbocycles. The van der Waals surface area contributed by atoms with Gasteiger partial charge < -0.3 is 0 Å². The Hall–Kier alpha value is -1.72. The molecule has 0 aliphatic carbocycles. The van der Waals surface area contributed by atoms with E-state index in [4.69, 9.17) is 0 Å². The van der Waals surface area contributed by atoms with E-state index in [9.17, 15) is 14.4 Å². The molecular weight excluding hydrogens is 138 g/mol. The molecule has 1 aromatic heterocycles. The van der Waals surface area contributed by atoms with Crippen LogP contribution in [0.4, 0.5) is 0 Å². The Morgan fingerprint density at radius 1 is 1.40 bits per heavy atom. The van der Waals surface area contributed by atoms with Gasteiger partial charge in [-0.3, -0.25) is 14.6 Å². The Morgan fingerprint density at radius 3 is 2.60 bits per heavy atom. The smallest absolute Gasteiger partial charge is 0.283 e. The van der Waals surface area contributed by atoms with Gasteiger partial charge in [-0.1, -0.05) is 0 Å². The minimum Gasteiger partial charge on any atom is -0.283 e. The summed E-state index contributed by atoms with van der Waals surface area (Å²) in [5, 5.41) is 4.96. The Morgan fingerprint density at radius 2 is 2.10 bits per heavy atom. The molecule has 1 rings (SSSR count). The number of hydrogen-bond acceptors (Lipinski definition) is 4. The van der Waals surface area contributed by atoms with Crippen molar-refractivity contribution in [1.82, 2.24) is 15.2 Å². The second-order valence-corrected chi connectivity index (χ2v) is 1.46. The van der Waals surface area contributed by atoms with Crippen LogP contribution in [-0.2, 0) is 4.79 Å². The molecule has 0 spiro atoms. The summed E-state index contributed by atoms with van der Waals surface area (Å²) in [5.41, 5.74) is -2.04. The number of nitrogens with one attached hydrogen (secondary N) is 2. The second kappa shape index (κ2) is 2.26. The van der Waals surface area contributed by atoms with Gasteiger partial charge >= 0.3 is 5.69 Å². The molecule has 0 fully saturated rings. The lowest BCUT2D eigenvalue weighted by molar-refractivity contribution is 0.559. The number of nitrogens with zero attached hydrogens (tertiary/aromatic N) is 1. The van der Waals surface area contributed by atoms with Crippen molar-refractivity contribution in [3.05, 3.63) is 26.5 Å². The maximum absolute atomic E-state index is 10.5. The summed E-state index contributed by atoms with van der Waals surface area (Å²) in [7, 11) is 0. The molecular formula is C4H2N3O3. The van der Waals surface area contributed by atoms with Crippen LogP contribution in [0, 0.1) is 0 Å². The first-order valence-corrected chi connectivity index (χ1v) is 2.31. The van der Waals surface area contributed by atoms with Crippen molar-refractivity contribution < 1.29 is 4.79 Å². The van der Waals surface area contributed by atoms with Gasteiger partial charge in [0, 0.05) is 0 Å². The predicted molar refractivity (Wildman–Crippen MR) is 30.3 cm³/mol. The van der Waals surface area contributed by atoms with Crippen molar-refractivity contribution in [2.24, 2.45) is 0 Å². The van der Waals surface area contributed by atoms with E-state index in [0.717, 1.165) is 0 Å². The maximum Gasteiger partial charge on any atom is 0.342 e. The fourth-order valence-electron chi connectivity index (χ4n) is 0.417. The molecule has 0 aliphatic rings. The topological polar surface area (TPSA) is 95.7 Å². The minimum atomic E-state index is -0.834. The third kappa shape index (κ3) is 0.993. The summed E-state index contributed by atoms with van der Waals surface area (Å²) >= 11 is 0. The third-order valence-electron chi connectivity index (χ3n) is 0.808. The van der Waals surface area contributed by atoms with Crippen LogP contribution in [0.5, 0.6) is 0 Å². The average Bonchev–Trinajstić information content (AvgIpc) is 1.88. The van der Waals surface area contributed by atoms with Gasteiger partial charge in [0.25, 0.3) is 11.8 Å². The minimum absolute atomic E-state index is 0.459. The second-order valence-electron chi connectivity index (χ2n) is 1.46. The number of aromatic nitrogens is 3. The van der Waals surface area contributed by atoms with Gasteiger partial charge in [-0.2, -0.15) is 5.10 Å². The number of rotatable bonds is 1. The molecule has 1 heterocycles. The molecule has 51 valence electrons. The van der Waals surface area contributed by atoms with E-state index in [-0.39, 0.29) is 0 Å². The number of aromatic amines is 2. The SMILES string of the molecule is O=[C]c1n[nH]c(=O)[nH]c1=O. The highest BCUT2D eigenvalue weighted by atomic mass is 16.2. The molecule has 0 bridgehead atoms. The lowest BCUT2D eigenvalue weighted by Gasteiger charge is -1.82. The number of carbonyl (C=O) groups excluding carboxylic acids is 1. The van der Waals surface area contributed by atoms with Crippen molar-refractivity contribution in [2.45, 2.75) is 0 Å². The van der Waals surface area contributed by atoms with Crippen molar-refractivity contribution in [3.63, 3.8) is 0 Å². The van der Waals surface area contributed by atoms with Crippen LogP contribution in [0.3, 0.4) is 0 Å². The van der Waals surface area contributed by atoms with Crippen molar-refractivity contribution >= 4 is 6.29 Å². The Bertz CT molecular complexity index is 349. The van der Waals surface area contributed by atoms with Gasteiger partial charge in [0.2, 0.25) is 0 Å². The zero-order valence-corrected chi connectivity index (χ0v) is 4.67. The van der Waals surface area contributed by atoms with Crippen LogP contribution in [-0.4, -0.2) is 21.5 Å². The molecule has 6 nitrogen and oxygen atoms in total. The average molecular weight is 140 g/mol. The van der Waals surface area contributed by atoms with Gasteiger partial charge in [-0.25, -0.2) is 9.89 Å². The van der Waals surface area contributed by atoms with Crippen LogP contribution < -0.4 is 11.2 Å². The van der Waals surface area contributed by atoms with E-state index in [0.29, 0.717) is 0 Å². The molecule has 1 radical (unpaired) electrons. The first-order valence-electron chi connectivity index (χ1n) is 2.31. The lowest BCUT2D eigenvalue weighted by Crippen LogP contribution is -2.26. The van der Waals surface area contributed by atoms with E-state index < -0.39 is 16.9 Å². The van der Waals surface area contributed by atoms with Gasteiger partial charge in [0.05, 0.1) is 0 Å². The first-order chi connectivity index (χ1) is 4.74. The standard InChI is InChI=1S/C4H2N3O3/c8-1-2-3(9)5-4(10)7-6-2/h(H2,5,7,9,10). The summed E-state index contributed by atoms with van der Waals surface area (Å²) < 4.78 is 0. The van der Waals surface area contributed by atoms with Gasteiger partial charge in [0.1, 0.15) is 0 Å². The third-order valence-corrected chi connectivity index (χ3v) is 0.808. The fourth-order valence-corrected chi connectivity index (χ4v) is 0.417. The lowest BCUT2D eigenvalue weighted by atomic mass is 10.5. The van der Waals surface area contributed by atoms with Gasteiger partial charge in [0.15, 0.2) is 5.69 Å². The van der Waals surface area contributed by atoms with Crippen LogP contribution in [0.1, 0.15) is 5.69 Å². The summed E-state index contributed by atoms with van der Waals surface area (Å²) in [5.74, 6) is 0. The highest BCUT2D eigenvalue weighted by Gasteiger charge is 1.98. The normalized spacial score (nSPS) is 9.20. The largest absolute Gasteiger partial charge is 0.342 e. The fraction of sp³-hybridized carbons (Fsp3) is 0. The molecule has 1 aromatic rings. The summed E-state index contributed by atoms with van der Waals surface area (Å²) in [6.45, 7) is 0. The van der Waals surface area contributed by atoms with E-state index in [1.54, 1.807) is 4.98 Å². The monoisotopic (exact) mass is 140 g/mol. The van der Waals surface area contributed by atoms with Gasteiger partial charge in [-0.15, -0.1) is 0 Å². The highest BCUT2D eigenvalue weighted by molar-refractivity contribution is 5.70. The molecule has 0 amide bonds. The molecule has 10 heavy (non-hydrogen) atoms. The number of hydrogen-bond donors (Lipinski definition) is 2. The van der Waals surface area contributed by atoms with E-state index in [1.807, 2.05) is 5.10 Å². The molecule has 2 N–H and O–H groups in total. The Kier molecular flexibility index (Phi) is 1.44. The highest BCUT2D eigenvalue weighted by Crippen LogP contribution is 1.63.